The molecule has 11 nitrogen and oxygen atoms in total. The molecule has 3 spiro atoms. The maximum Gasteiger partial charge on any atom is 0.414 e. The number of esters is 1. The maximum absolute atomic E-state index is 13.9. The molecule has 3 aliphatic carbocycles. The zero-order chi connectivity index (χ0) is 24.8. The zero-order valence-electron chi connectivity index (χ0n) is 20.3. The lowest BCUT2D eigenvalue weighted by Crippen LogP contribution is -2.95. The fourth-order valence-electron chi connectivity index (χ4n) is 9.90. The van der Waals surface area contributed by atoms with Crippen molar-refractivity contribution < 1.29 is 43.1 Å². The van der Waals surface area contributed by atoms with E-state index in [0.29, 0.717) is 49.4 Å². The number of piperidine rings is 1. The third-order valence-electron chi connectivity index (χ3n) is 10.6. The van der Waals surface area contributed by atoms with E-state index in [1.807, 2.05) is 12.1 Å². The molecule has 1 N–H and O–H groups in total. The minimum Gasteiger partial charge on any atom is -0.467 e. The van der Waals surface area contributed by atoms with E-state index in [1.165, 1.54) is 19.1 Å². The lowest BCUT2D eigenvalue weighted by Gasteiger charge is -2.78. The Morgan fingerprint density at radius 3 is 2.69 bits per heavy atom. The average molecular weight is 501 g/mol. The third kappa shape index (κ3) is 1.73. The van der Waals surface area contributed by atoms with Crippen LogP contribution in [0.5, 0.6) is 11.5 Å². The summed E-state index contributed by atoms with van der Waals surface area (Å²) in [4.78, 5) is 31.4. The normalized spacial score (nSPS) is 46.1. The highest BCUT2D eigenvalue weighted by molar-refractivity contribution is 6.02. The van der Waals surface area contributed by atoms with Crippen LogP contribution in [0, 0.1) is 5.41 Å². The molecule has 5 bridgehead atoms. The number of hydrogen-bond donors (Lipinski definition) is 1. The lowest BCUT2D eigenvalue weighted by atomic mass is 9.35. The first-order chi connectivity index (χ1) is 17.4. The molecule has 7 fully saturated rings. The molecule has 11 heteroatoms. The van der Waals surface area contributed by atoms with Gasteiger partial charge in [0, 0.05) is 36.9 Å². The minimum absolute atomic E-state index is 0.0150. The predicted molar refractivity (Wildman–Crippen MR) is 120 cm³/mol. The first-order valence-corrected chi connectivity index (χ1v) is 12.4. The van der Waals surface area contributed by atoms with Gasteiger partial charge in [-0.2, -0.15) is 0 Å². The summed E-state index contributed by atoms with van der Waals surface area (Å²) in [5.41, 5.74) is -3.74. The molecular formula is C25H28N2O9. The number of fused-ring (bicyclic) bond motifs is 5. The largest absolute Gasteiger partial charge is 0.467 e. The third-order valence-corrected chi connectivity index (χ3v) is 10.6. The molecule has 36 heavy (non-hydrogen) atoms. The van der Waals surface area contributed by atoms with E-state index >= 15 is 0 Å². The van der Waals surface area contributed by atoms with Gasteiger partial charge in [0.15, 0.2) is 11.5 Å². The topological polar surface area (TPSA) is 116 Å². The van der Waals surface area contributed by atoms with Gasteiger partial charge in [0.2, 0.25) is 12.4 Å². The van der Waals surface area contributed by atoms with E-state index in [1.54, 1.807) is 7.11 Å². The Bertz CT molecular complexity index is 1240. The van der Waals surface area contributed by atoms with Gasteiger partial charge in [-0.05, 0) is 30.9 Å². The van der Waals surface area contributed by atoms with Gasteiger partial charge >= 0.3 is 12.1 Å². The number of rotatable bonds is 2. The molecule has 0 aromatic heterocycles. The molecule has 10 rings (SSSR count). The molecule has 1 aromatic rings. The van der Waals surface area contributed by atoms with Gasteiger partial charge < -0.3 is 33.5 Å². The molecule has 8 atom stereocenters. The number of amides is 1. The van der Waals surface area contributed by atoms with Crippen molar-refractivity contribution in [3.63, 3.8) is 0 Å². The Labute approximate surface area is 207 Å². The number of methoxy groups -OCH3 is 3. The second-order valence-electron chi connectivity index (χ2n) is 11.0. The molecule has 1 aromatic carbocycles. The highest BCUT2D eigenvalue weighted by Gasteiger charge is 2.94. The van der Waals surface area contributed by atoms with Crippen LogP contribution in [0.4, 0.5) is 10.5 Å². The summed E-state index contributed by atoms with van der Waals surface area (Å²) in [6.07, 6.45) is 0.0650. The first-order valence-electron chi connectivity index (χ1n) is 12.4. The van der Waals surface area contributed by atoms with E-state index in [9.17, 15) is 14.7 Å². The van der Waals surface area contributed by atoms with Crippen molar-refractivity contribution in [1.29, 1.82) is 0 Å². The van der Waals surface area contributed by atoms with Crippen molar-refractivity contribution in [2.45, 2.75) is 66.7 Å². The molecule has 0 radical (unpaired) electrons. The summed E-state index contributed by atoms with van der Waals surface area (Å²) in [6, 6.07) is 3.69. The van der Waals surface area contributed by atoms with Gasteiger partial charge in [-0.15, -0.1) is 0 Å². The van der Waals surface area contributed by atoms with Crippen LogP contribution in [0.1, 0.15) is 31.2 Å². The quantitative estimate of drug-likeness (QED) is 0.587. The smallest absolute Gasteiger partial charge is 0.414 e. The van der Waals surface area contributed by atoms with Gasteiger partial charge in [-0.25, -0.2) is 9.59 Å². The summed E-state index contributed by atoms with van der Waals surface area (Å²) in [6.45, 7) is 0.712. The van der Waals surface area contributed by atoms with Crippen molar-refractivity contribution in [2.75, 3.05) is 39.6 Å². The number of carbonyl (C=O) groups excluding carboxylic acids is 2. The van der Waals surface area contributed by atoms with E-state index in [2.05, 4.69) is 4.90 Å². The molecule has 6 aliphatic heterocycles. The lowest BCUT2D eigenvalue weighted by molar-refractivity contribution is -0.391. The van der Waals surface area contributed by atoms with E-state index < -0.39 is 40.1 Å². The number of carbonyl (C=O) groups is 2. The second kappa shape index (κ2) is 6.27. The van der Waals surface area contributed by atoms with Gasteiger partial charge in [-0.3, -0.25) is 9.80 Å². The fourth-order valence-corrected chi connectivity index (χ4v) is 9.90. The monoisotopic (exact) mass is 500 g/mol. The van der Waals surface area contributed by atoms with Gasteiger partial charge in [0.1, 0.15) is 17.9 Å². The number of anilines is 1. The maximum atomic E-state index is 13.9. The minimum atomic E-state index is -2.18. The van der Waals surface area contributed by atoms with Crippen LogP contribution in [-0.4, -0.2) is 92.4 Å². The van der Waals surface area contributed by atoms with Crippen LogP contribution >= 0.6 is 0 Å². The van der Waals surface area contributed by atoms with Crippen LogP contribution in [-0.2, 0) is 29.2 Å². The highest BCUT2D eigenvalue weighted by Crippen LogP contribution is 2.80. The van der Waals surface area contributed by atoms with E-state index in [4.69, 9.17) is 28.4 Å². The molecule has 3 saturated carbocycles. The van der Waals surface area contributed by atoms with Crippen LogP contribution in [0.15, 0.2) is 12.1 Å². The van der Waals surface area contributed by atoms with Crippen LogP contribution in [0.3, 0.4) is 0 Å². The Hall–Kier alpha value is -2.60. The number of nitrogens with zero attached hydrogens (tertiary/aromatic N) is 2. The van der Waals surface area contributed by atoms with Gasteiger partial charge in [-0.1, -0.05) is 6.07 Å². The molecule has 6 heterocycles. The molecule has 192 valence electrons. The summed E-state index contributed by atoms with van der Waals surface area (Å²) < 4.78 is 34.9. The Balaban J connectivity index is 1.53. The number of hydrogen-bond acceptors (Lipinski definition) is 10. The average Bonchev–Trinajstić information content (AvgIpc) is 3.62. The molecule has 9 aliphatic rings. The predicted octanol–water partition coefficient (Wildman–Crippen LogP) is 0.894. The molecule has 1 amide bonds. The van der Waals surface area contributed by atoms with E-state index in [0.717, 1.165) is 5.56 Å². The fraction of sp³-hybridized carbons (Fsp3) is 0.680. The second-order valence-corrected chi connectivity index (χ2v) is 11.0. The molecule has 0 unspecified atom stereocenters. The van der Waals surface area contributed by atoms with Crippen molar-refractivity contribution in [1.82, 2.24) is 4.90 Å². The Kier molecular flexibility index (Phi) is 3.74. The van der Waals surface area contributed by atoms with Crippen molar-refractivity contribution in [2.24, 2.45) is 5.41 Å². The summed E-state index contributed by atoms with van der Waals surface area (Å²) in [7, 11) is 4.25. The van der Waals surface area contributed by atoms with Crippen molar-refractivity contribution in [3.05, 3.63) is 17.7 Å². The van der Waals surface area contributed by atoms with Gasteiger partial charge in [0.05, 0.1) is 26.0 Å². The number of benzene rings is 1. The van der Waals surface area contributed by atoms with Crippen LogP contribution < -0.4 is 14.4 Å². The molecular weight excluding hydrogens is 472 g/mol. The standard InChI is InChI=1S/C25H28N2O9/c1-31-14-10-15-26-9-8-23-12-4-5-13-17(35-11-34-13)16(12)27(21(29)33-3)24(23)7-6-22(14,18(23)26)19(36-15)25(24,30)20(28)32-2/h4-5,14-15,18-19,30H,6-11H2,1-3H3/t14-,15-,18-,19+,22+,23+,24-,25+/m0/s1. The molecule has 4 saturated heterocycles. The highest BCUT2D eigenvalue weighted by atomic mass is 16.7. The Morgan fingerprint density at radius 2 is 1.94 bits per heavy atom. The SMILES string of the molecule is COC(=O)N1c2c(ccc3c2OCO3)[C@@]23CCN4[C@@H]5C[C@H](OC)[C@]6(CC[C@]12[C@](O)(C(=O)OC)[C@@H]6O5)[C@H]43. The first kappa shape index (κ1) is 21.5. The number of ether oxygens (including phenoxy) is 6. The summed E-state index contributed by atoms with van der Waals surface area (Å²) in [5.74, 6) is 0.112. The van der Waals surface area contributed by atoms with E-state index in [-0.39, 0.29) is 25.2 Å². The van der Waals surface area contributed by atoms with Crippen molar-refractivity contribution >= 4 is 17.7 Å². The summed E-state index contributed by atoms with van der Waals surface area (Å²) >= 11 is 0. The van der Waals surface area contributed by atoms with Crippen molar-refractivity contribution in [3.8, 4) is 11.5 Å². The van der Waals surface area contributed by atoms with Gasteiger partial charge in [0.25, 0.3) is 0 Å². The zero-order valence-corrected chi connectivity index (χ0v) is 20.3. The summed E-state index contributed by atoms with van der Waals surface area (Å²) in [5, 5.41) is 12.9. The van der Waals surface area contributed by atoms with Crippen LogP contribution in [0.2, 0.25) is 0 Å². The van der Waals surface area contributed by atoms with Crippen LogP contribution in [0.25, 0.3) is 0 Å². The number of aliphatic hydroxyl groups is 1. The Morgan fingerprint density at radius 1 is 1.11 bits per heavy atom.